The standard InChI is InChI=1S/C51H63N9O9/c1-8-35-45(62)58-37(48(65)66)23-29-12-17-39(68-20-10-18-52)33(22-29)34-24-32(25-40(43(34)61)69-21-11-19-53)51(49(67)59-35)26-41(51)60(7)47(64)36(9-2)57-46(63)42-28(3)55-44(56-38(42)27-54)30-13-15-31(16-14-30)50(4,5)6/h1,12-17,22,24-25,35-37,41,61H,9-11,18-21,23,26-27,52-54H2,2-7H3,(H,57,63)(H,58,62)(H,59,67)(H,65,66)/t35-,36-,37-,41-,51-/m0/s1. The van der Waals surface area contributed by atoms with Crippen molar-refractivity contribution in [2.45, 2.75) is 108 Å². The maximum absolute atomic E-state index is 14.9. The Morgan fingerprint density at radius 3 is 2.23 bits per heavy atom. The SMILES string of the molecule is C#C[C@@H]1NC(=O)[C@@]2(C[C@@H]2N(C)C(=O)[C@H](CC)NC(=O)c2c(C)nc(-c3ccc(C(C)(C)C)cc3)nc2CN)c2cc(OCCCN)c(O)c(c2)-c2cc(ccc2OCCCN)C[C@@H](C(=O)O)NC1=O. The molecule has 0 saturated heterocycles. The predicted molar refractivity (Wildman–Crippen MR) is 259 cm³/mol. The summed E-state index contributed by atoms with van der Waals surface area (Å²) >= 11 is 0. The monoisotopic (exact) mass is 945 g/mol. The minimum Gasteiger partial charge on any atom is -0.504 e. The van der Waals surface area contributed by atoms with Crippen LogP contribution in [0.4, 0.5) is 0 Å². The highest BCUT2D eigenvalue weighted by atomic mass is 16.5. The summed E-state index contributed by atoms with van der Waals surface area (Å²) in [6, 6.07) is 10.7. The van der Waals surface area contributed by atoms with Crippen molar-refractivity contribution in [2.24, 2.45) is 17.2 Å². The van der Waals surface area contributed by atoms with Gasteiger partial charge < -0.3 is 57.7 Å². The quantitative estimate of drug-likeness (QED) is 0.0593. The lowest BCUT2D eigenvalue weighted by Crippen LogP contribution is -2.55. The fourth-order valence-corrected chi connectivity index (χ4v) is 8.58. The lowest BCUT2D eigenvalue weighted by Gasteiger charge is -2.29. The molecule has 1 fully saturated rings. The molecule has 69 heavy (non-hydrogen) atoms. The van der Waals surface area contributed by atoms with E-state index in [0.717, 1.165) is 11.1 Å². The van der Waals surface area contributed by atoms with Gasteiger partial charge in [0, 0.05) is 36.7 Å². The van der Waals surface area contributed by atoms with Crippen molar-refractivity contribution >= 4 is 29.6 Å². The van der Waals surface area contributed by atoms with Crippen molar-refractivity contribution in [1.82, 2.24) is 30.8 Å². The maximum atomic E-state index is 14.9. The van der Waals surface area contributed by atoms with Gasteiger partial charge in [-0.2, -0.15) is 0 Å². The first-order valence-electron chi connectivity index (χ1n) is 23.1. The molecule has 1 aromatic heterocycles. The molecule has 0 unspecified atom stereocenters. The number of nitrogens with one attached hydrogen (secondary N) is 3. The van der Waals surface area contributed by atoms with Gasteiger partial charge in [0.2, 0.25) is 11.8 Å². The molecule has 1 aliphatic heterocycles. The Hall–Kier alpha value is -7.07. The summed E-state index contributed by atoms with van der Waals surface area (Å²) < 4.78 is 12.2. The third-order valence-electron chi connectivity index (χ3n) is 12.6. The lowest BCUT2D eigenvalue weighted by molar-refractivity contribution is -0.142. The number of hydrogen-bond donors (Lipinski definition) is 8. The summed E-state index contributed by atoms with van der Waals surface area (Å²) in [5.74, 6) is -1.57. The predicted octanol–water partition coefficient (Wildman–Crippen LogP) is 2.96. The molecule has 3 aromatic carbocycles. The number of terminal acetylenes is 1. The van der Waals surface area contributed by atoms with Crippen molar-refractivity contribution in [3.63, 3.8) is 0 Å². The highest BCUT2D eigenvalue weighted by Gasteiger charge is 2.65. The van der Waals surface area contributed by atoms with Crippen molar-refractivity contribution in [2.75, 3.05) is 33.4 Å². The Labute approximate surface area is 402 Å². The van der Waals surface area contributed by atoms with Gasteiger partial charge in [-0.1, -0.05) is 63.9 Å². The average molecular weight is 946 g/mol. The molecule has 1 saturated carbocycles. The van der Waals surface area contributed by atoms with Crippen LogP contribution in [0.25, 0.3) is 22.5 Å². The Kier molecular flexibility index (Phi) is 16.0. The molecule has 18 nitrogen and oxygen atoms in total. The second-order valence-corrected chi connectivity index (χ2v) is 18.4. The number of phenols is 1. The van der Waals surface area contributed by atoms with Gasteiger partial charge in [0.05, 0.1) is 41.6 Å². The van der Waals surface area contributed by atoms with E-state index in [1.165, 1.54) is 18.0 Å². The molecular weight excluding hydrogens is 883 g/mol. The highest BCUT2D eigenvalue weighted by molar-refractivity contribution is 6.02. The van der Waals surface area contributed by atoms with Crippen molar-refractivity contribution in [3.8, 4) is 52.1 Å². The van der Waals surface area contributed by atoms with E-state index in [1.807, 2.05) is 24.3 Å². The normalized spacial score (nSPS) is 19.3. The number of likely N-dealkylation sites (N-methyl/N-ethyl adjacent to an activating group) is 1. The number of carboxylic acids is 1. The molecular formula is C51H63N9O9. The molecule has 366 valence electrons. The molecule has 11 N–H and O–H groups in total. The Morgan fingerprint density at radius 2 is 1.64 bits per heavy atom. The van der Waals surface area contributed by atoms with E-state index in [2.05, 4.69) is 52.6 Å². The molecule has 2 heterocycles. The first kappa shape index (κ1) is 51.3. The van der Waals surface area contributed by atoms with Gasteiger partial charge in [-0.05, 0) is 92.1 Å². The van der Waals surface area contributed by atoms with E-state index in [4.69, 9.17) is 33.1 Å². The van der Waals surface area contributed by atoms with Gasteiger partial charge in [0.25, 0.3) is 11.8 Å². The van der Waals surface area contributed by atoms with E-state index >= 15 is 0 Å². The van der Waals surface area contributed by atoms with E-state index in [1.54, 1.807) is 38.1 Å². The molecule has 5 atom stereocenters. The number of carboxylic acid groups (broad SMARTS) is 1. The van der Waals surface area contributed by atoms with E-state index in [-0.39, 0.29) is 79.3 Å². The summed E-state index contributed by atoms with van der Waals surface area (Å²) in [6.45, 7) is 10.6. The summed E-state index contributed by atoms with van der Waals surface area (Å²) in [5, 5.41) is 30.1. The van der Waals surface area contributed by atoms with Crippen molar-refractivity contribution < 1.29 is 43.7 Å². The number of amides is 4. The van der Waals surface area contributed by atoms with E-state index < -0.39 is 59.2 Å². The number of carbonyl (C=O) groups is 5. The van der Waals surface area contributed by atoms with Gasteiger partial charge in [-0.3, -0.25) is 19.2 Å². The fraction of sp³-hybridized carbons (Fsp3) is 0.431. The number of aryl methyl sites for hydroxylation is 1. The minimum atomic E-state index is -1.64. The number of ether oxygens (including phenoxy) is 2. The molecule has 18 heteroatoms. The first-order chi connectivity index (χ1) is 32.8. The number of aliphatic carboxylic acids is 1. The summed E-state index contributed by atoms with van der Waals surface area (Å²) in [6.07, 6.45) is 6.67. The molecule has 4 amide bonds. The molecule has 0 radical (unpaired) electrons. The fourth-order valence-electron chi connectivity index (χ4n) is 8.58. The number of fused-ring (bicyclic) bond motifs is 6. The van der Waals surface area contributed by atoms with Crippen molar-refractivity contribution in [1.29, 1.82) is 0 Å². The zero-order valence-corrected chi connectivity index (χ0v) is 40.0. The number of carbonyl (C=O) groups excluding carboxylic acids is 4. The van der Waals surface area contributed by atoms with Crippen LogP contribution in [0.3, 0.4) is 0 Å². The van der Waals surface area contributed by atoms with Gasteiger partial charge in [-0.25, -0.2) is 14.8 Å². The van der Waals surface area contributed by atoms with Crippen LogP contribution in [0, 0.1) is 19.3 Å². The zero-order valence-electron chi connectivity index (χ0n) is 40.0. The topological polar surface area (TPSA) is 287 Å². The van der Waals surface area contributed by atoms with Gasteiger partial charge >= 0.3 is 5.97 Å². The molecule has 6 rings (SSSR count). The first-order valence-corrected chi connectivity index (χ1v) is 23.1. The number of nitrogens with zero attached hydrogens (tertiary/aromatic N) is 3. The van der Waals surface area contributed by atoms with Gasteiger partial charge in [0.1, 0.15) is 17.8 Å². The van der Waals surface area contributed by atoms with Crippen LogP contribution < -0.4 is 42.6 Å². The Balaban J connectivity index is 1.40. The van der Waals surface area contributed by atoms with E-state index in [9.17, 15) is 34.2 Å². The van der Waals surface area contributed by atoms with Crippen LogP contribution in [0.1, 0.15) is 91.8 Å². The number of rotatable bonds is 16. The van der Waals surface area contributed by atoms with Crippen LogP contribution in [0.15, 0.2) is 54.6 Å². The smallest absolute Gasteiger partial charge is 0.326 e. The number of nitrogens with two attached hydrogens (primary N) is 3. The number of aromatic nitrogens is 2. The maximum Gasteiger partial charge on any atom is 0.326 e. The second-order valence-electron chi connectivity index (χ2n) is 18.4. The number of benzene rings is 3. The minimum absolute atomic E-state index is 0.00304. The number of hydrogen-bond acceptors (Lipinski definition) is 13. The lowest BCUT2D eigenvalue weighted by atomic mass is 9.86. The molecule has 1 aliphatic carbocycles. The number of aromatic hydroxyl groups is 1. The largest absolute Gasteiger partial charge is 0.504 e. The summed E-state index contributed by atoms with van der Waals surface area (Å²) in [4.78, 5) is 80.6. The average Bonchev–Trinajstić information content (AvgIpc) is 4.09. The van der Waals surface area contributed by atoms with Crippen LogP contribution in [0.5, 0.6) is 17.2 Å². The number of phenolic OH excluding ortho intramolecular Hbond substituents is 1. The van der Waals surface area contributed by atoms with Crippen LogP contribution >= 0.6 is 0 Å². The summed E-state index contributed by atoms with van der Waals surface area (Å²) in [7, 11) is 1.50. The Bertz CT molecular complexity index is 2640. The highest BCUT2D eigenvalue weighted by Crippen LogP contribution is 2.55. The summed E-state index contributed by atoms with van der Waals surface area (Å²) in [5.41, 5.74) is 19.9. The zero-order chi connectivity index (χ0) is 50.4. The van der Waals surface area contributed by atoms with Crippen LogP contribution in [-0.2, 0) is 43.0 Å². The molecule has 1 spiro atoms. The van der Waals surface area contributed by atoms with E-state index in [0.29, 0.717) is 53.3 Å². The van der Waals surface area contributed by atoms with Crippen LogP contribution in [-0.4, -0.2) is 112 Å². The molecule has 4 aromatic rings. The van der Waals surface area contributed by atoms with Crippen LogP contribution in [0.2, 0.25) is 0 Å². The van der Waals surface area contributed by atoms with Crippen molar-refractivity contribution in [3.05, 3.63) is 88.2 Å². The van der Waals surface area contributed by atoms with Gasteiger partial charge in [0.15, 0.2) is 23.4 Å². The Morgan fingerprint density at radius 1 is 0.971 bits per heavy atom. The third kappa shape index (κ3) is 11.0. The van der Waals surface area contributed by atoms with Gasteiger partial charge in [-0.15, -0.1) is 6.42 Å². The molecule has 2 aliphatic rings. The molecule has 4 bridgehead atoms. The second kappa shape index (κ2) is 21.5. The third-order valence-corrected chi connectivity index (χ3v) is 12.6.